The molecule has 1 atom stereocenters. The van der Waals surface area contributed by atoms with Crippen LogP contribution in [0.4, 0.5) is 5.95 Å². The maximum atomic E-state index is 5.55. The van der Waals surface area contributed by atoms with Crippen molar-refractivity contribution in [3.63, 3.8) is 0 Å². The average molecular weight is 292 g/mol. The van der Waals surface area contributed by atoms with E-state index < -0.39 is 0 Å². The molecule has 2 heterocycles. The number of rotatable bonds is 5. The van der Waals surface area contributed by atoms with E-state index in [-0.39, 0.29) is 11.0 Å². The van der Waals surface area contributed by atoms with E-state index in [0.29, 0.717) is 11.6 Å². The number of thiophene rings is 1. The zero-order chi connectivity index (χ0) is 13.8. The zero-order valence-corrected chi connectivity index (χ0v) is 12.5. The summed E-state index contributed by atoms with van der Waals surface area (Å²) in [6, 6.07) is 6.25. The van der Waals surface area contributed by atoms with Gasteiger partial charge in [-0.3, -0.25) is 0 Å². The molecule has 0 radical (unpaired) electrons. The molecule has 0 saturated heterocycles. The number of thiocarbonyl (C=S) groups is 1. The average Bonchev–Trinajstić information content (AvgIpc) is 2.74. The van der Waals surface area contributed by atoms with Gasteiger partial charge >= 0.3 is 0 Å². The molecule has 6 heteroatoms. The molecular formula is C13H16N4S2. The standard InChI is InChI=1S/C13H16N4S2/c1-8(7-10-4-3-9(2)19-10)16-13-15-6-5-11(17-13)12(14)18/h3-6,8H,7H2,1-2H3,(H2,14,18)(H,15,16,17). The van der Waals surface area contributed by atoms with Gasteiger partial charge in [-0.05, 0) is 32.0 Å². The first-order chi connectivity index (χ1) is 9.04. The van der Waals surface area contributed by atoms with Gasteiger partial charge in [-0.25, -0.2) is 9.97 Å². The quantitative estimate of drug-likeness (QED) is 0.829. The number of aromatic nitrogens is 2. The van der Waals surface area contributed by atoms with E-state index in [1.807, 2.05) is 11.3 Å². The molecule has 0 aromatic carbocycles. The second-order valence-electron chi connectivity index (χ2n) is 4.39. The summed E-state index contributed by atoms with van der Waals surface area (Å²) in [6.45, 7) is 4.22. The Kier molecular flexibility index (Phi) is 4.44. The lowest BCUT2D eigenvalue weighted by Crippen LogP contribution is -2.20. The van der Waals surface area contributed by atoms with Crippen LogP contribution in [0.1, 0.15) is 22.4 Å². The van der Waals surface area contributed by atoms with Gasteiger partial charge < -0.3 is 11.1 Å². The number of hydrogen-bond donors (Lipinski definition) is 2. The van der Waals surface area contributed by atoms with Crippen LogP contribution in [0.5, 0.6) is 0 Å². The van der Waals surface area contributed by atoms with Crippen LogP contribution in [0.3, 0.4) is 0 Å². The SMILES string of the molecule is Cc1ccc(CC(C)Nc2nccc(C(N)=S)n2)s1. The van der Waals surface area contributed by atoms with Gasteiger partial charge in [-0.2, -0.15) is 0 Å². The van der Waals surface area contributed by atoms with Crippen molar-refractivity contribution in [2.45, 2.75) is 26.3 Å². The van der Waals surface area contributed by atoms with E-state index in [9.17, 15) is 0 Å². The Morgan fingerprint density at radius 1 is 1.47 bits per heavy atom. The fourth-order valence-corrected chi connectivity index (χ4v) is 2.87. The molecule has 1 unspecified atom stereocenters. The molecule has 3 N–H and O–H groups in total. The van der Waals surface area contributed by atoms with Gasteiger partial charge in [0, 0.05) is 28.4 Å². The number of hydrogen-bond acceptors (Lipinski definition) is 5. The monoisotopic (exact) mass is 292 g/mol. The van der Waals surface area contributed by atoms with Gasteiger partial charge in [-0.1, -0.05) is 12.2 Å². The van der Waals surface area contributed by atoms with Gasteiger partial charge in [0.1, 0.15) is 10.7 Å². The van der Waals surface area contributed by atoms with Crippen LogP contribution in [0.2, 0.25) is 0 Å². The fourth-order valence-electron chi connectivity index (χ4n) is 1.73. The molecule has 2 rings (SSSR count). The number of anilines is 1. The van der Waals surface area contributed by atoms with Crippen molar-refractivity contribution in [2.75, 3.05) is 5.32 Å². The molecule has 0 saturated carbocycles. The van der Waals surface area contributed by atoms with Crippen molar-refractivity contribution in [1.82, 2.24) is 9.97 Å². The first-order valence-electron chi connectivity index (χ1n) is 5.99. The highest BCUT2D eigenvalue weighted by Gasteiger charge is 2.08. The molecule has 4 nitrogen and oxygen atoms in total. The molecule has 19 heavy (non-hydrogen) atoms. The topological polar surface area (TPSA) is 63.8 Å². The Morgan fingerprint density at radius 3 is 2.89 bits per heavy atom. The number of nitrogens with one attached hydrogen (secondary N) is 1. The summed E-state index contributed by atoms with van der Waals surface area (Å²) in [6.07, 6.45) is 2.60. The second kappa shape index (κ2) is 6.08. The molecule has 0 aliphatic heterocycles. The summed E-state index contributed by atoms with van der Waals surface area (Å²) >= 11 is 6.72. The van der Waals surface area contributed by atoms with Crippen molar-refractivity contribution >= 4 is 34.5 Å². The van der Waals surface area contributed by atoms with Crippen molar-refractivity contribution < 1.29 is 0 Å². The van der Waals surface area contributed by atoms with Crippen molar-refractivity contribution in [2.24, 2.45) is 5.73 Å². The molecular weight excluding hydrogens is 276 g/mol. The first kappa shape index (κ1) is 13.9. The number of aryl methyl sites for hydroxylation is 1. The van der Waals surface area contributed by atoms with Crippen molar-refractivity contribution in [1.29, 1.82) is 0 Å². The highest BCUT2D eigenvalue weighted by molar-refractivity contribution is 7.80. The molecule has 2 aromatic rings. The third-order valence-electron chi connectivity index (χ3n) is 2.59. The molecule has 0 aliphatic carbocycles. The zero-order valence-electron chi connectivity index (χ0n) is 10.9. The summed E-state index contributed by atoms with van der Waals surface area (Å²) in [5.41, 5.74) is 6.14. The molecule has 0 aliphatic rings. The molecule has 0 amide bonds. The number of nitrogens with two attached hydrogens (primary N) is 1. The normalized spacial score (nSPS) is 12.1. The van der Waals surface area contributed by atoms with E-state index in [4.69, 9.17) is 18.0 Å². The largest absolute Gasteiger partial charge is 0.388 e. The predicted octanol–water partition coefficient (Wildman–Crippen LogP) is 2.52. The minimum absolute atomic E-state index is 0.250. The highest BCUT2D eigenvalue weighted by Crippen LogP contribution is 2.17. The van der Waals surface area contributed by atoms with Gasteiger partial charge in [-0.15, -0.1) is 11.3 Å². The number of nitrogens with zero attached hydrogens (tertiary/aromatic N) is 2. The summed E-state index contributed by atoms with van der Waals surface area (Å²) in [5.74, 6) is 0.561. The molecule has 0 bridgehead atoms. The maximum absolute atomic E-state index is 5.55. The smallest absolute Gasteiger partial charge is 0.223 e. The maximum Gasteiger partial charge on any atom is 0.223 e. The lowest BCUT2D eigenvalue weighted by Gasteiger charge is -2.13. The van der Waals surface area contributed by atoms with Gasteiger partial charge in [0.25, 0.3) is 0 Å². The van der Waals surface area contributed by atoms with Gasteiger partial charge in [0.2, 0.25) is 5.95 Å². The van der Waals surface area contributed by atoms with E-state index >= 15 is 0 Å². The minimum atomic E-state index is 0.250. The van der Waals surface area contributed by atoms with Crippen LogP contribution in [-0.2, 0) is 6.42 Å². The molecule has 0 fully saturated rings. The van der Waals surface area contributed by atoms with Crippen LogP contribution >= 0.6 is 23.6 Å². The Hall–Kier alpha value is -1.53. The van der Waals surface area contributed by atoms with Crippen molar-refractivity contribution in [3.05, 3.63) is 39.8 Å². The van der Waals surface area contributed by atoms with Crippen LogP contribution in [0.15, 0.2) is 24.4 Å². The van der Waals surface area contributed by atoms with Crippen LogP contribution in [0.25, 0.3) is 0 Å². The first-order valence-corrected chi connectivity index (χ1v) is 7.22. The Balaban J connectivity index is 2.00. The van der Waals surface area contributed by atoms with E-state index in [0.717, 1.165) is 6.42 Å². The lowest BCUT2D eigenvalue weighted by molar-refractivity contribution is 0.786. The third-order valence-corrected chi connectivity index (χ3v) is 3.82. The van der Waals surface area contributed by atoms with E-state index in [2.05, 4.69) is 41.3 Å². The summed E-state index contributed by atoms with van der Waals surface area (Å²) in [5, 5.41) is 3.26. The lowest BCUT2D eigenvalue weighted by atomic mass is 10.2. The van der Waals surface area contributed by atoms with Crippen LogP contribution < -0.4 is 11.1 Å². The van der Waals surface area contributed by atoms with Crippen LogP contribution in [-0.4, -0.2) is 21.0 Å². The highest BCUT2D eigenvalue weighted by atomic mass is 32.1. The fraction of sp³-hybridized carbons (Fsp3) is 0.308. The van der Waals surface area contributed by atoms with Gasteiger partial charge in [0.05, 0.1) is 0 Å². The second-order valence-corrected chi connectivity index (χ2v) is 6.20. The minimum Gasteiger partial charge on any atom is -0.388 e. The molecule has 0 spiro atoms. The van der Waals surface area contributed by atoms with E-state index in [1.54, 1.807) is 12.3 Å². The van der Waals surface area contributed by atoms with E-state index in [1.165, 1.54) is 9.75 Å². The molecule has 100 valence electrons. The Bertz CT molecular complexity index is 580. The summed E-state index contributed by atoms with van der Waals surface area (Å²) in [4.78, 5) is 11.4. The Morgan fingerprint density at radius 2 is 2.26 bits per heavy atom. The van der Waals surface area contributed by atoms with Crippen LogP contribution in [0, 0.1) is 6.92 Å². The summed E-state index contributed by atoms with van der Waals surface area (Å²) < 4.78 is 0. The summed E-state index contributed by atoms with van der Waals surface area (Å²) in [7, 11) is 0. The predicted molar refractivity (Wildman–Crippen MR) is 83.8 cm³/mol. The Labute approximate surface area is 122 Å². The third kappa shape index (κ3) is 3.97. The van der Waals surface area contributed by atoms with Gasteiger partial charge in [0.15, 0.2) is 0 Å². The van der Waals surface area contributed by atoms with Crippen molar-refractivity contribution in [3.8, 4) is 0 Å². The molecule has 2 aromatic heterocycles.